The van der Waals surface area contributed by atoms with Gasteiger partial charge in [0, 0.05) is 5.56 Å². The van der Waals surface area contributed by atoms with E-state index in [2.05, 4.69) is 9.73 Å². The molecule has 0 amide bonds. The summed E-state index contributed by atoms with van der Waals surface area (Å²) in [6.07, 6.45) is 1.46. The number of alkyl halides is 2. The zero-order valence-electron chi connectivity index (χ0n) is 21.8. The normalized spacial score (nSPS) is 15.1. The minimum absolute atomic E-state index is 0.0806. The summed E-state index contributed by atoms with van der Waals surface area (Å²) in [7, 11) is 4.38. The number of allylic oxidation sites excluding steroid dienone is 1. The van der Waals surface area contributed by atoms with E-state index < -0.39 is 24.2 Å². The lowest BCUT2D eigenvalue weighted by molar-refractivity contribution is -0.139. The van der Waals surface area contributed by atoms with Crippen molar-refractivity contribution in [1.82, 2.24) is 4.57 Å². The molecule has 0 fully saturated rings. The largest absolute Gasteiger partial charge is 0.493 e. The lowest BCUT2D eigenvalue weighted by Gasteiger charge is -2.26. The lowest BCUT2D eigenvalue weighted by Crippen LogP contribution is -2.40. The summed E-state index contributed by atoms with van der Waals surface area (Å²) in [5.74, 6) is 0.269. The molecule has 0 bridgehead atoms. The summed E-state index contributed by atoms with van der Waals surface area (Å²) in [6, 6.07) is 8.47. The van der Waals surface area contributed by atoms with E-state index in [-0.39, 0.29) is 28.0 Å². The van der Waals surface area contributed by atoms with E-state index in [0.717, 1.165) is 11.3 Å². The Morgan fingerprint density at radius 2 is 1.77 bits per heavy atom. The Balaban J connectivity index is 2.00. The maximum atomic E-state index is 13.8. The number of hydrogen-bond acceptors (Lipinski definition) is 9. The van der Waals surface area contributed by atoms with Crippen LogP contribution in [0.25, 0.3) is 6.08 Å². The van der Waals surface area contributed by atoms with Gasteiger partial charge in [-0.2, -0.15) is 8.78 Å². The van der Waals surface area contributed by atoms with Crippen molar-refractivity contribution >= 4 is 23.4 Å². The first-order valence-electron chi connectivity index (χ1n) is 11.8. The van der Waals surface area contributed by atoms with Crippen molar-refractivity contribution in [2.75, 3.05) is 27.9 Å². The number of carbonyl (C=O) groups is 1. The Kier molecular flexibility index (Phi) is 8.34. The van der Waals surface area contributed by atoms with Gasteiger partial charge >= 0.3 is 12.6 Å². The van der Waals surface area contributed by atoms with Gasteiger partial charge in [0.05, 0.1) is 49.8 Å². The number of carbonyl (C=O) groups excluding carboxylic acids is 1. The number of ether oxygens (including phenoxy) is 5. The zero-order valence-corrected chi connectivity index (χ0v) is 22.6. The molecule has 0 saturated heterocycles. The molecule has 9 nitrogen and oxygen atoms in total. The number of rotatable bonds is 9. The maximum Gasteiger partial charge on any atom is 0.387 e. The fraction of sp³-hybridized carbons (Fsp3) is 0.296. The molecule has 1 aliphatic heterocycles. The average Bonchev–Trinajstić information content (AvgIpc) is 3.21. The molecule has 4 rings (SSSR count). The van der Waals surface area contributed by atoms with Crippen LogP contribution in [0.4, 0.5) is 8.78 Å². The molecule has 0 spiro atoms. The summed E-state index contributed by atoms with van der Waals surface area (Å²) in [6.45, 7) is 0.412. The third-order valence-electron chi connectivity index (χ3n) is 5.94. The Morgan fingerprint density at radius 3 is 2.36 bits per heavy atom. The number of nitrogens with zero attached hydrogens (tertiary/aromatic N) is 2. The lowest BCUT2D eigenvalue weighted by atomic mass is 9.95. The number of benzene rings is 2. The van der Waals surface area contributed by atoms with Gasteiger partial charge < -0.3 is 23.7 Å². The average molecular weight is 561 g/mol. The van der Waals surface area contributed by atoms with E-state index in [4.69, 9.17) is 18.9 Å². The molecular formula is C27H26F2N2O7S. The molecule has 0 unspecified atom stereocenters. The molecule has 1 atom stereocenters. The van der Waals surface area contributed by atoms with Gasteiger partial charge in [-0.25, -0.2) is 9.79 Å². The molecule has 3 aromatic rings. The van der Waals surface area contributed by atoms with E-state index in [1.165, 1.54) is 38.0 Å². The van der Waals surface area contributed by atoms with Gasteiger partial charge in [-0.3, -0.25) is 9.36 Å². The van der Waals surface area contributed by atoms with E-state index in [1.54, 1.807) is 44.2 Å². The smallest absolute Gasteiger partial charge is 0.387 e. The Bertz CT molecular complexity index is 1590. The van der Waals surface area contributed by atoms with Gasteiger partial charge in [0.15, 0.2) is 16.3 Å². The first-order valence-corrected chi connectivity index (χ1v) is 12.6. The summed E-state index contributed by atoms with van der Waals surface area (Å²) in [4.78, 5) is 31.8. The molecule has 0 saturated carbocycles. The predicted octanol–water partition coefficient (Wildman–Crippen LogP) is 3.43. The topological polar surface area (TPSA) is 97.6 Å². The highest BCUT2D eigenvalue weighted by atomic mass is 32.1. The third kappa shape index (κ3) is 5.37. The second kappa shape index (κ2) is 11.7. The van der Waals surface area contributed by atoms with Crippen molar-refractivity contribution in [3.63, 3.8) is 0 Å². The van der Waals surface area contributed by atoms with Gasteiger partial charge in [0.25, 0.3) is 5.56 Å². The summed E-state index contributed by atoms with van der Waals surface area (Å²) in [5.41, 5.74) is 0.802. The first-order chi connectivity index (χ1) is 18.7. The van der Waals surface area contributed by atoms with Crippen LogP contribution in [-0.4, -0.2) is 45.1 Å². The van der Waals surface area contributed by atoms with Crippen molar-refractivity contribution in [1.29, 1.82) is 0 Å². The van der Waals surface area contributed by atoms with E-state index in [1.807, 2.05) is 0 Å². The molecule has 2 heterocycles. The second-order valence-electron chi connectivity index (χ2n) is 8.18. The first kappa shape index (κ1) is 27.8. The van der Waals surface area contributed by atoms with Crippen LogP contribution < -0.4 is 33.8 Å². The van der Waals surface area contributed by atoms with Crippen LogP contribution in [0.1, 0.15) is 31.0 Å². The van der Waals surface area contributed by atoms with E-state index in [9.17, 15) is 18.4 Å². The number of hydrogen-bond donors (Lipinski definition) is 0. The molecule has 12 heteroatoms. The fourth-order valence-corrected chi connectivity index (χ4v) is 5.35. The molecule has 206 valence electrons. The number of fused-ring (bicyclic) bond motifs is 1. The number of para-hydroxylation sites is 1. The third-order valence-corrected chi connectivity index (χ3v) is 6.92. The Labute approximate surface area is 226 Å². The minimum Gasteiger partial charge on any atom is -0.493 e. The standard InChI is InChI=1S/C27H26F2N2O7S/c1-6-37-25(33)21-14(2)30-27-31(22(21)16-11-18(34-3)23(36-5)19(12-16)35-4)24(32)20(39-27)13-15-9-7-8-10-17(15)38-26(28)29/h7-13,22,26H,6H2,1-5H3/b20-13+/t22-/m0/s1. The van der Waals surface area contributed by atoms with Crippen LogP contribution in [0.2, 0.25) is 0 Å². The Morgan fingerprint density at radius 1 is 1.10 bits per heavy atom. The predicted molar refractivity (Wildman–Crippen MR) is 140 cm³/mol. The molecule has 0 radical (unpaired) electrons. The molecule has 1 aliphatic rings. The van der Waals surface area contributed by atoms with Crippen molar-refractivity contribution in [3.8, 4) is 23.0 Å². The number of aromatic nitrogens is 1. The quantitative estimate of drug-likeness (QED) is 0.370. The fourth-order valence-electron chi connectivity index (χ4n) is 4.31. The number of esters is 1. The van der Waals surface area contributed by atoms with Crippen LogP contribution >= 0.6 is 11.3 Å². The molecule has 1 aromatic heterocycles. The highest BCUT2D eigenvalue weighted by Crippen LogP contribution is 2.42. The van der Waals surface area contributed by atoms with Crippen LogP contribution in [0.5, 0.6) is 23.0 Å². The summed E-state index contributed by atoms with van der Waals surface area (Å²) in [5, 5.41) is 0. The number of thiazole rings is 1. The molecule has 39 heavy (non-hydrogen) atoms. The Hall–Kier alpha value is -4.19. The van der Waals surface area contributed by atoms with Crippen molar-refractivity contribution in [2.24, 2.45) is 4.99 Å². The highest BCUT2D eigenvalue weighted by Gasteiger charge is 2.34. The van der Waals surface area contributed by atoms with Gasteiger partial charge in [-0.1, -0.05) is 29.5 Å². The van der Waals surface area contributed by atoms with Crippen LogP contribution in [-0.2, 0) is 9.53 Å². The molecule has 0 N–H and O–H groups in total. The maximum absolute atomic E-state index is 13.8. The van der Waals surface area contributed by atoms with Gasteiger partial charge in [-0.05, 0) is 43.7 Å². The minimum atomic E-state index is -3.03. The van der Waals surface area contributed by atoms with Crippen molar-refractivity contribution in [3.05, 3.63) is 78.5 Å². The van der Waals surface area contributed by atoms with Gasteiger partial charge in [-0.15, -0.1) is 0 Å². The van der Waals surface area contributed by atoms with Crippen molar-refractivity contribution < 1.29 is 37.3 Å². The van der Waals surface area contributed by atoms with Crippen molar-refractivity contribution in [2.45, 2.75) is 26.5 Å². The summed E-state index contributed by atoms with van der Waals surface area (Å²) < 4.78 is 53.8. The van der Waals surface area contributed by atoms with E-state index >= 15 is 0 Å². The monoisotopic (exact) mass is 560 g/mol. The molecular weight excluding hydrogens is 534 g/mol. The molecule has 0 aliphatic carbocycles. The van der Waals surface area contributed by atoms with Crippen LogP contribution in [0.3, 0.4) is 0 Å². The van der Waals surface area contributed by atoms with Crippen LogP contribution in [0.15, 0.2) is 57.5 Å². The summed E-state index contributed by atoms with van der Waals surface area (Å²) >= 11 is 1.05. The van der Waals surface area contributed by atoms with Gasteiger partial charge in [0.2, 0.25) is 5.75 Å². The molecule has 2 aromatic carbocycles. The van der Waals surface area contributed by atoms with E-state index in [0.29, 0.717) is 33.3 Å². The van der Waals surface area contributed by atoms with Crippen LogP contribution in [0, 0.1) is 0 Å². The number of methoxy groups -OCH3 is 3. The SMILES string of the molecule is CCOC(=O)C1=C(C)N=c2s/c(=C/c3ccccc3OC(F)F)c(=O)n2[C@H]1c1cc(OC)c(OC)c(OC)c1. The highest BCUT2D eigenvalue weighted by molar-refractivity contribution is 7.07. The number of halogens is 2. The van der Waals surface area contributed by atoms with Gasteiger partial charge in [0.1, 0.15) is 5.75 Å². The zero-order chi connectivity index (χ0) is 28.3. The second-order valence-corrected chi connectivity index (χ2v) is 9.19.